The third-order valence-electron chi connectivity index (χ3n) is 3.28. The second-order valence-corrected chi connectivity index (χ2v) is 5.01. The van der Waals surface area contributed by atoms with E-state index in [2.05, 4.69) is 9.97 Å². The van der Waals surface area contributed by atoms with E-state index in [1.54, 1.807) is 0 Å². The highest BCUT2D eigenvalue weighted by Crippen LogP contribution is 2.28. The summed E-state index contributed by atoms with van der Waals surface area (Å²) in [7, 11) is 0. The first-order valence-electron chi connectivity index (χ1n) is 6.11. The van der Waals surface area contributed by atoms with Gasteiger partial charge in [0.05, 0.1) is 16.1 Å². The summed E-state index contributed by atoms with van der Waals surface area (Å²) in [4.78, 5) is 19.3. The van der Waals surface area contributed by atoms with Crippen molar-refractivity contribution in [2.45, 2.75) is 6.92 Å². The molecule has 21 heavy (non-hydrogen) atoms. The van der Waals surface area contributed by atoms with E-state index in [-0.39, 0.29) is 16.1 Å². The minimum atomic E-state index is -0.905. The molecule has 3 nitrogen and oxygen atoms in total. The molecule has 0 aliphatic heterocycles. The zero-order chi connectivity index (χ0) is 15.1. The molecule has 1 N–H and O–H groups in total. The van der Waals surface area contributed by atoms with Crippen molar-refractivity contribution in [1.82, 2.24) is 9.97 Å². The lowest BCUT2D eigenvalue weighted by Crippen LogP contribution is -2.08. The zero-order valence-electron chi connectivity index (χ0n) is 10.9. The van der Waals surface area contributed by atoms with Crippen LogP contribution in [0.15, 0.2) is 30.6 Å². The molecule has 0 bridgehead atoms. The summed E-state index contributed by atoms with van der Waals surface area (Å²) in [6.07, 6.45) is 2.83. The van der Waals surface area contributed by atoms with Crippen molar-refractivity contribution in [2.24, 2.45) is 0 Å². The van der Waals surface area contributed by atoms with Gasteiger partial charge in [-0.1, -0.05) is 17.7 Å². The van der Waals surface area contributed by atoms with E-state index >= 15 is 0 Å². The summed E-state index contributed by atoms with van der Waals surface area (Å²) < 4.78 is 27.9. The molecule has 0 spiro atoms. The number of fused-ring (bicyclic) bond motifs is 1. The Morgan fingerprint density at radius 1 is 1.29 bits per heavy atom. The largest absolute Gasteiger partial charge is 0.345 e. The number of ketones is 1. The Morgan fingerprint density at radius 3 is 2.81 bits per heavy atom. The van der Waals surface area contributed by atoms with Crippen LogP contribution in [0, 0.1) is 18.6 Å². The number of pyridine rings is 1. The summed E-state index contributed by atoms with van der Waals surface area (Å²) in [5.74, 6) is -2.54. The quantitative estimate of drug-likeness (QED) is 0.726. The summed E-state index contributed by atoms with van der Waals surface area (Å²) in [6.45, 7) is 1.47. The van der Waals surface area contributed by atoms with Crippen LogP contribution in [0.25, 0.3) is 11.0 Å². The fraction of sp³-hybridized carbons (Fsp3) is 0.0667. The van der Waals surface area contributed by atoms with Crippen LogP contribution in [0.3, 0.4) is 0 Å². The molecule has 6 heteroatoms. The van der Waals surface area contributed by atoms with Crippen molar-refractivity contribution in [3.63, 3.8) is 0 Å². The number of carbonyl (C=O) groups excluding carboxylic acids is 1. The fourth-order valence-corrected chi connectivity index (χ4v) is 2.44. The van der Waals surface area contributed by atoms with Crippen molar-refractivity contribution in [1.29, 1.82) is 0 Å². The first kappa shape index (κ1) is 13.7. The van der Waals surface area contributed by atoms with Gasteiger partial charge in [0, 0.05) is 17.8 Å². The van der Waals surface area contributed by atoms with Gasteiger partial charge in [0.1, 0.15) is 17.3 Å². The standard InChI is InChI=1S/C15H9ClF2N2O/c1-7-2-3-10(17)12(13(7)18)14(21)8-6-20-15-11(8)9(16)4-5-19-15/h2-6H,1H3,(H,19,20). The molecule has 0 atom stereocenters. The maximum atomic E-state index is 14.1. The molecule has 0 fully saturated rings. The number of aromatic nitrogens is 2. The number of nitrogens with zero attached hydrogens (tertiary/aromatic N) is 1. The van der Waals surface area contributed by atoms with Gasteiger partial charge in [-0.15, -0.1) is 0 Å². The van der Waals surface area contributed by atoms with E-state index in [9.17, 15) is 13.6 Å². The Bertz CT molecular complexity index is 873. The molecule has 0 saturated heterocycles. The number of hydrogen-bond donors (Lipinski definition) is 1. The van der Waals surface area contributed by atoms with E-state index in [0.29, 0.717) is 11.0 Å². The lowest BCUT2D eigenvalue weighted by molar-refractivity contribution is 0.103. The predicted molar refractivity (Wildman–Crippen MR) is 75.6 cm³/mol. The van der Waals surface area contributed by atoms with Gasteiger partial charge in [-0.3, -0.25) is 4.79 Å². The summed E-state index contributed by atoms with van der Waals surface area (Å²) >= 11 is 6.05. The van der Waals surface area contributed by atoms with Crippen LogP contribution in [0.4, 0.5) is 8.78 Å². The van der Waals surface area contributed by atoms with E-state index in [1.807, 2.05) is 0 Å². The predicted octanol–water partition coefficient (Wildman–Crippen LogP) is 4.03. The van der Waals surface area contributed by atoms with Crippen LogP contribution < -0.4 is 0 Å². The highest BCUT2D eigenvalue weighted by Gasteiger charge is 2.24. The number of aromatic amines is 1. The Labute approximate surface area is 123 Å². The summed E-state index contributed by atoms with van der Waals surface area (Å²) in [6, 6.07) is 3.86. The molecule has 0 saturated carbocycles. The molecular formula is C15H9ClF2N2O. The molecule has 3 rings (SSSR count). The molecule has 0 radical (unpaired) electrons. The number of hydrogen-bond acceptors (Lipinski definition) is 2. The summed E-state index contributed by atoms with van der Waals surface area (Å²) in [5.41, 5.74) is 0.0884. The van der Waals surface area contributed by atoms with E-state index in [4.69, 9.17) is 11.6 Å². The van der Waals surface area contributed by atoms with Crippen LogP contribution in [0.2, 0.25) is 5.02 Å². The highest BCUT2D eigenvalue weighted by molar-refractivity contribution is 6.37. The number of aryl methyl sites for hydroxylation is 1. The van der Waals surface area contributed by atoms with Gasteiger partial charge in [0.2, 0.25) is 5.78 Å². The minimum absolute atomic E-state index is 0.0894. The van der Waals surface area contributed by atoms with Crippen LogP contribution in [-0.4, -0.2) is 15.8 Å². The smallest absolute Gasteiger partial charge is 0.201 e. The number of benzene rings is 1. The molecule has 2 aromatic heterocycles. The molecule has 1 aromatic carbocycles. The van der Waals surface area contributed by atoms with Gasteiger partial charge in [0.25, 0.3) is 0 Å². The first-order chi connectivity index (χ1) is 10.0. The number of nitrogens with one attached hydrogen (secondary N) is 1. The van der Waals surface area contributed by atoms with Gasteiger partial charge >= 0.3 is 0 Å². The molecule has 3 aromatic rings. The number of rotatable bonds is 2. The molecular weight excluding hydrogens is 298 g/mol. The van der Waals surface area contributed by atoms with Gasteiger partial charge in [-0.05, 0) is 24.6 Å². The van der Waals surface area contributed by atoms with E-state index < -0.39 is 23.0 Å². The van der Waals surface area contributed by atoms with Crippen LogP contribution in [0.1, 0.15) is 21.5 Å². The van der Waals surface area contributed by atoms with Gasteiger partial charge in [0.15, 0.2) is 0 Å². The molecule has 106 valence electrons. The second kappa shape index (κ2) is 4.93. The van der Waals surface area contributed by atoms with E-state index in [1.165, 1.54) is 31.5 Å². The topological polar surface area (TPSA) is 45.8 Å². The second-order valence-electron chi connectivity index (χ2n) is 4.60. The van der Waals surface area contributed by atoms with Crippen molar-refractivity contribution in [2.75, 3.05) is 0 Å². The van der Waals surface area contributed by atoms with Gasteiger partial charge in [-0.2, -0.15) is 0 Å². The van der Waals surface area contributed by atoms with Crippen molar-refractivity contribution >= 4 is 28.4 Å². The third kappa shape index (κ3) is 2.10. The average molecular weight is 307 g/mol. The normalized spacial score (nSPS) is 11.0. The Kier molecular flexibility index (Phi) is 3.22. The molecule has 0 unspecified atom stereocenters. The lowest BCUT2D eigenvalue weighted by atomic mass is 10.0. The average Bonchev–Trinajstić information content (AvgIpc) is 2.88. The van der Waals surface area contributed by atoms with Gasteiger partial charge < -0.3 is 4.98 Å². The molecule has 0 aliphatic carbocycles. The highest BCUT2D eigenvalue weighted by atomic mass is 35.5. The summed E-state index contributed by atoms with van der Waals surface area (Å²) in [5, 5.41) is 0.641. The molecule has 2 heterocycles. The maximum Gasteiger partial charge on any atom is 0.201 e. The van der Waals surface area contributed by atoms with Crippen LogP contribution in [-0.2, 0) is 0 Å². The number of halogens is 3. The zero-order valence-corrected chi connectivity index (χ0v) is 11.6. The molecule has 0 amide bonds. The first-order valence-corrected chi connectivity index (χ1v) is 6.49. The Balaban J connectivity index is 2.25. The molecule has 0 aliphatic rings. The van der Waals surface area contributed by atoms with Crippen molar-refractivity contribution in [3.05, 3.63) is 63.9 Å². The SMILES string of the molecule is Cc1ccc(F)c(C(=O)c2c[nH]c3nccc(Cl)c23)c1F. The van der Waals surface area contributed by atoms with Crippen LogP contribution >= 0.6 is 11.6 Å². The monoisotopic (exact) mass is 306 g/mol. The number of carbonyl (C=O) groups is 1. The van der Waals surface area contributed by atoms with Crippen LogP contribution in [0.5, 0.6) is 0 Å². The maximum absolute atomic E-state index is 14.1. The lowest BCUT2D eigenvalue weighted by Gasteiger charge is -2.06. The number of H-pyrrole nitrogens is 1. The van der Waals surface area contributed by atoms with Crippen molar-refractivity contribution in [3.8, 4) is 0 Å². The van der Waals surface area contributed by atoms with Crippen molar-refractivity contribution < 1.29 is 13.6 Å². The third-order valence-corrected chi connectivity index (χ3v) is 3.59. The Morgan fingerprint density at radius 2 is 2.05 bits per heavy atom. The Hall–Kier alpha value is -2.27. The minimum Gasteiger partial charge on any atom is -0.345 e. The van der Waals surface area contributed by atoms with E-state index in [0.717, 1.165) is 6.07 Å². The fourth-order valence-electron chi connectivity index (χ4n) is 2.20. The van der Waals surface area contributed by atoms with Gasteiger partial charge in [-0.25, -0.2) is 13.8 Å².